The lowest BCUT2D eigenvalue weighted by atomic mass is 9.87. The molecule has 0 fully saturated rings. The van der Waals surface area contributed by atoms with Gasteiger partial charge in [-0.1, -0.05) is 84.9 Å². The first-order valence-electron chi connectivity index (χ1n) is 10.7. The lowest BCUT2D eigenvalue weighted by Crippen LogP contribution is -2.56. The average molecular weight is 444 g/mol. The number of carbonyl (C=O) groups is 3. The molecule has 0 bridgehead atoms. The number of hydrazine groups is 1. The summed E-state index contributed by atoms with van der Waals surface area (Å²) in [6, 6.07) is 24.7. The molecule has 2 amide bonds. The minimum Gasteiger partial charge on any atom is -0.443 e. The van der Waals surface area contributed by atoms with Gasteiger partial charge in [0.15, 0.2) is 5.78 Å². The maximum Gasteiger partial charge on any atom is 0.429 e. The first-order chi connectivity index (χ1) is 16.1. The summed E-state index contributed by atoms with van der Waals surface area (Å²) in [6.07, 6.45) is -0.721. The van der Waals surface area contributed by atoms with Crippen molar-refractivity contribution in [3.05, 3.63) is 107 Å². The van der Waals surface area contributed by atoms with Crippen molar-refractivity contribution in [2.45, 2.75) is 32.1 Å². The van der Waals surface area contributed by atoms with Crippen molar-refractivity contribution in [1.82, 2.24) is 10.4 Å². The molecule has 7 heteroatoms. The predicted octanol–water partition coefficient (Wildman–Crippen LogP) is 4.66. The molecule has 0 heterocycles. The van der Waals surface area contributed by atoms with Gasteiger partial charge in [0.2, 0.25) is 0 Å². The minimum atomic E-state index is -0.896. The maximum absolute atomic E-state index is 13.2. The summed E-state index contributed by atoms with van der Waals surface area (Å²) in [7, 11) is 0. The molecule has 1 unspecified atom stereocenters. The average Bonchev–Trinajstić information content (AvgIpc) is 2.86. The molecular weight excluding hydrogens is 420 g/mol. The third-order valence-corrected chi connectivity index (χ3v) is 5.41. The molecule has 1 aliphatic rings. The van der Waals surface area contributed by atoms with Gasteiger partial charge in [-0.3, -0.25) is 4.79 Å². The smallest absolute Gasteiger partial charge is 0.429 e. The van der Waals surface area contributed by atoms with Gasteiger partial charge in [-0.05, 0) is 29.5 Å². The molecule has 1 aliphatic carbocycles. The quantitative estimate of drug-likeness (QED) is 0.579. The maximum atomic E-state index is 13.2. The monoisotopic (exact) mass is 444 g/mol. The second-order valence-corrected chi connectivity index (χ2v) is 7.66. The van der Waals surface area contributed by atoms with E-state index in [2.05, 4.69) is 5.43 Å². The van der Waals surface area contributed by atoms with Crippen molar-refractivity contribution in [3.8, 4) is 0 Å². The van der Waals surface area contributed by atoms with Crippen molar-refractivity contribution in [1.29, 1.82) is 0 Å². The van der Waals surface area contributed by atoms with E-state index in [0.717, 1.165) is 21.7 Å². The van der Waals surface area contributed by atoms with Crippen LogP contribution in [0.15, 0.2) is 84.9 Å². The highest BCUT2D eigenvalue weighted by Gasteiger charge is 2.37. The summed E-state index contributed by atoms with van der Waals surface area (Å²) >= 11 is 0. The number of carbonyl (C=O) groups excluding carboxylic acids is 3. The van der Waals surface area contributed by atoms with Crippen LogP contribution in [0.4, 0.5) is 9.59 Å². The molecule has 0 aromatic heterocycles. The predicted molar refractivity (Wildman–Crippen MR) is 121 cm³/mol. The molecule has 0 aliphatic heterocycles. The number of fused-ring (bicyclic) bond motifs is 1. The van der Waals surface area contributed by atoms with Crippen molar-refractivity contribution in [2.75, 3.05) is 0 Å². The van der Waals surface area contributed by atoms with E-state index in [1.807, 2.05) is 72.8 Å². The molecule has 1 atom stereocenters. The van der Waals surface area contributed by atoms with Gasteiger partial charge < -0.3 is 9.47 Å². The Balaban J connectivity index is 1.48. The molecule has 0 saturated carbocycles. The molecule has 4 rings (SSSR count). The number of ketones is 1. The Morgan fingerprint density at radius 1 is 0.818 bits per heavy atom. The van der Waals surface area contributed by atoms with E-state index < -0.39 is 18.2 Å². The first kappa shape index (κ1) is 22.1. The zero-order valence-corrected chi connectivity index (χ0v) is 18.0. The summed E-state index contributed by atoms with van der Waals surface area (Å²) in [6.45, 7) is 0.0371. The number of rotatable bonds is 5. The summed E-state index contributed by atoms with van der Waals surface area (Å²) in [5, 5.41) is 0.953. The summed E-state index contributed by atoms with van der Waals surface area (Å²) < 4.78 is 10.7. The van der Waals surface area contributed by atoms with Crippen LogP contribution in [-0.4, -0.2) is 29.0 Å². The Morgan fingerprint density at radius 3 is 2.06 bits per heavy atom. The number of ether oxygens (including phenoxy) is 2. The fourth-order valence-electron chi connectivity index (χ4n) is 3.72. The highest BCUT2D eigenvalue weighted by Crippen LogP contribution is 2.24. The molecule has 1 N–H and O–H groups in total. The zero-order chi connectivity index (χ0) is 23.0. The molecule has 168 valence electrons. The Morgan fingerprint density at radius 2 is 1.39 bits per heavy atom. The standard InChI is InChI=1S/C26H24N2O5/c29-24-22-14-8-7-13-21(22)15-16-23(24)28(26(31)33-18-20-11-5-2-6-12-20)27-25(30)32-17-19-9-3-1-4-10-19/h1-14,23H,15-18H2,(H,27,30). The van der Waals surface area contributed by atoms with Crippen LogP contribution in [0.2, 0.25) is 0 Å². The van der Waals surface area contributed by atoms with E-state index in [1.54, 1.807) is 12.1 Å². The summed E-state index contributed by atoms with van der Waals surface area (Å²) in [5.74, 6) is -0.253. The number of hydrogen-bond acceptors (Lipinski definition) is 5. The SMILES string of the molecule is O=C(NN(C(=O)OCc1ccccc1)C1CCc2ccccc2C1=O)OCc1ccccc1. The highest BCUT2D eigenvalue weighted by molar-refractivity contribution is 6.03. The Labute approximate surface area is 191 Å². The van der Waals surface area contributed by atoms with Crippen LogP contribution >= 0.6 is 0 Å². The number of benzene rings is 3. The minimum absolute atomic E-state index is 0.00835. The second-order valence-electron chi connectivity index (χ2n) is 7.66. The second kappa shape index (κ2) is 10.5. The van der Waals surface area contributed by atoms with Gasteiger partial charge in [0, 0.05) is 5.56 Å². The number of nitrogens with zero attached hydrogens (tertiary/aromatic N) is 1. The van der Waals surface area contributed by atoms with Crippen LogP contribution < -0.4 is 5.43 Å². The van der Waals surface area contributed by atoms with E-state index >= 15 is 0 Å². The Hall–Kier alpha value is -4.13. The van der Waals surface area contributed by atoms with Crippen LogP contribution in [-0.2, 0) is 29.1 Å². The molecule has 7 nitrogen and oxygen atoms in total. The van der Waals surface area contributed by atoms with E-state index in [1.165, 1.54) is 0 Å². The van der Waals surface area contributed by atoms with Gasteiger partial charge in [0.1, 0.15) is 19.3 Å². The van der Waals surface area contributed by atoms with Crippen molar-refractivity contribution >= 4 is 18.0 Å². The number of Topliss-reactive ketones (excluding diaryl/α,β-unsaturated/α-hetero) is 1. The van der Waals surface area contributed by atoms with Gasteiger partial charge in [0.25, 0.3) is 0 Å². The van der Waals surface area contributed by atoms with E-state index in [4.69, 9.17) is 9.47 Å². The number of hydrogen-bond donors (Lipinski definition) is 1. The fourth-order valence-corrected chi connectivity index (χ4v) is 3.72. The topological polar surface area (TPSA) is 84.9 Å². The number of aryl methyl sites for hydroxylation is 1. The Bertz CT molecular complexity index is 1120. The lowest BCUT2D eigenvalue weighted by Gasteiger charge is -2.32. The van der Waals surface area contributed by atoms with Gasteiger partial charge in [-0.25, -0.2) is 20.0 Å². The van der Waals surface area contributed by atoms with Crippen LogP contribution in [0.25, 0.3) is 0 Å². The first-order valence-corrected chi connectivity index (χ1v) is 10.7. The number of nitrogens with one attached hydrogen (secondary N) is 1. The zero-order valence-electron chi connectivity index (χ0n) is 18.0. The van der Waals surface area contributed by atoms with E-state index in [0.29, 0.717) is 18.4 Å². The van der Waals surface area contributed by atoms with E-state index in [-0.39, 0.29) is 19.0 Å². The summed E-state index contributed by atoms with van der Waals surface area (Å²) in [5.41, 5.74) is 5.48. The molecule has 0 radical (unpaired) electrons. The largest absolute Gasteiger partial charge is 0.443 e. The lowest BCUT2D eigenvalue weighted by molar-refractivity contribution is 0.0396. The third-order valence-electron chi connectivity index (χ3n) is 5.41. The molecule has 3 aromatic rings. The Kier molecular flexibility index (Phi) is 6.99. The van der Waals surface area contributed by atoms with Crippen molar-refractivity contribution < 1.29 is 23.9 Å². The van der Waals surface area contributed by atoms with Gasteiger partial charge in [0.05, 0.1) is 0 Å². The molecular formula is C26H24N2O5. The molecule has 3 aromatic carbocycles. The van der Waals surface area contributed by atoms with Crippen LogP contribution in [0.3, 0.4) is 0 Å². The van der Waals surface area contributed by atoms with Gasteiger partial charge >= 0.3 is 12.2 Å². The fraction of sp³-hybridized carbons (Fsp3) is 0.192. The van der Waals surface area contributed by atoms with Crippen molar-refractivity contribution in [3.63, 3.8) is 0 Å². The highest BCUT2D eigenvalue weighted by atomic mass is 16.6. The normalized spacial score (nSPS) is 14.7. The van der Waals surface area contributed by atoms with Crippen LogP contribution in [0, 0.1) is 0 Å². The van der Waals surface area contributed by atoms with Crippen LogP contribution in [0.1, 0.15) is 33.5 Å². The molecule has 0 spiro atoms. The van der Waals surface area contributed by atoms with Gasteiger partial charge in [-0.2, -0.15) is 0 Å². The molecule has 0 saturated heterocycles. The van der Waals surface area contributed by atoms with E-state index in [9.17, 15) is 14.4 Å². The van der Waals surface area contributed by atoms with Crippen LogP contribution in [0.5, 0.6) is 0 Å². The van der Waals surface area contributed by atoms with Crippen molar-refractivity contribution in [2.24, 2.45) is 0 Å². The molecule has 33 heavy (non-hydrogen) atoms. The summed E-state index contributed by atoms with van der Waals surface area (Å²) in [4.78, 5) is 38.6. The number of amides is 2. The third kappa shape index (κ3) is 5.57. The van der Waals surface area contributed by atoms with Gasteiger partial charge in [-0.15, -0.1) is 0 Å².